The number of hydrazine groups is 2. The van der Waals surface area contributed by atoms with Gasteiger partial charge in [0.1, 0.15) is 0 Å². The summed E-state index contributed by atoms with van der Waals surface area (Å²) in [5.41, 5.74) is 4.38. The molecule has 2 rings (SSSR count). The molecular weight excluding hydrogens is 289 g/mol. The van der Waals surface area contributed by atoms with E-state index in [1.165, 1.54) is 5.56 Å². The van der Waals surface area contributed by atoms with Crippen LogP contribution in [0.3, 0.4) is 0 Å². The summed E-state index contributed by atoms with van der Waals surface area (Å²) in [7, 11) is 1.92. The van der Waals surface area contributed by atoms with Gasteiger partial charge in [0.2, 0.25) is 0 Å². The molecule has 0 bridgehead atoms. The topological polar surface area (TPSA) is 18.5 Å². The molecule has 0 fully saturated rings. The first-order valence-corrected chi connectivity index (χ1v) is 4.25. The highest BCUT2D eigenvalue weighted by atomic mass is 127. The van der Waals surface area contributed by atoms with Crippen molar-refractivity contribution in [1.82, 2.24) is 15.6 Å². The molecule has 0 radical (unpaired) electrons. The van der Waals surface area contributed by atoms with Crippen molar-refractivity contribution >= 4 is 0 Å². The standard InChI is InChI=1S/C10H12N3.HI/c1-12-7-8-13(11-12)9-10-5-3-2-4-6-10;/h2-6,8,11H,9H2,1H3;1H/q+1;/p-1. The monoisotopic (exact) mass is 301 g/mol. The lowest BCUT2D eigenvalue weighted by atomic mass is 10.2. The van der Waals surface area contributed by atoms with E-state index in [-0.39, 0.29) is 24.0 Å². The summed E-state index contributed by atoms with van der Waals surface area (Å²) >= 11 is 0. The van der Waals surface area contributed by atoms with E-state index in [2.05, 4.69) is 23.9 Å². The molecule has 0 aromatic heterocycles. The molecular formula is C10H12IN3. The highest BCUT2D eigenvalue weighted by molar-refractivity contribution is 5.14. The third-order valence-electron chi connectivity index (χ3n) is 1.88. The fraction of sp³-hybridized carbons (Fsp3) is 0.200. The van der Waals surface area contributed by atoms with Crippen molar-refractivity contribution in [2.75, 3.05) is 7.05 Å². The van der Waals surface area contributed by atoms with Crippen LogP contribution in [0.4, 0.5) is 0 Å². The predicted molar refractivity (Wildman–Crippen MR) is 50.7 cm³/mol. The van der Waals surface area contributed by atoms with Crippen molar-refractivity contribution in [3.05, 3.63) is 48.3 Å². The van der Waals surface area contributed by atoms with Crippen LogP contribution in [0.1, 0.15) is 5.56 Å². The largest absolute Gasteiger partial charge is 1.00 e. The van der Waals surface area contributed by atoms with Gasteiger partial charge in [0.05, 0.1) is 13.6 Å². The zero-order chi connectivity index (χ0) is 9.10. The molecule has 4 heteroatoms. The van der Waals surface area contributed by atoms with Crippen LogP contribution in [0.25, 0.3) is 0 Å². The van der Waals surface area contributed by atoms with Crippen molar-refractivity contribution in [3.63, 3.8) is 0 Å². The molecule has 1 heterocycles. The third-order valence-corrected chi connectivity index (χ3v) is 1.88. The lowest BCUT2D eigenvalue weighted by molar-refractivity contribution is -0.00000285. The molecule has 74 valence electrons. The maximum Gasteiger partial charge on any atom is 0.409 e. The minimum atomic E-state index is 0. The van der Waals surface area contributed by atoms with Gasteiger partial charge < -0.3 is 24.0 Å². The molecule has 0 amide bonds. The average Bonchev–Trinajstić information content (AvgIpc) is 2.53. The minimum Gasteiger partial charge on any atom is -1.00 e. The number of halogens is 1. The Labute approximate surface area is 101 Å². The van der Waals surface area contributed by atoms with Crippen molar-refractivity contribution in [3.8, 4) is 0 Å². The maximum atomic E-state index is 3.10. The Balaban J connectivity index is 0.000000980. The van der Waals surface area contributed by atoms with E-state index in [1.54, 1.807) is 5.01 Å². The van der Waals surface area contributed by atoms with E-state index < -0.39 is 0 Å². The van der Waals surface area contributed by atoms with E-state index in [1.807, 2.05) is 36.5 Å². The van der Waals surface area contributed by atoms with E-state index >= 15 is 0 Å². The first-order valence-electron chi connectivity index (χ1n) is 4.25. The highest BCUT2D eigenvalue weighted by Gasteiger charge is 2.19. The Morgan fingerprint density at radius 1 is 1.29 bits per heavy atom. The third kappa shape index (κ3) is 2.83. The zero-order valence-electron chi connectivity index (χ0n) is 7.94. The van der Waals surface area contributed by atoms with Gasteiger partial charge in [-0.15, -0.1) is 0 Å². The predicted octanol–water partition coefficient (Wildman–Crippen LogP) is -1.87. The minimum absolute atomic E-state index is 0. The quantitative estimate of drug-likeness (QED) is 0.510. The molecule has 0 unspecified atom stereocenters. The van der Waals surface area contributed by atoms with Gasteiger partial charge in [0.15, 0.2) is 0 Å². The van der Waals surface area contributed by atoms with Crippen LogP contribution < -0.4 is 29.5 Å². The van der Waals surface area contributed by atoms with Crippen LogP contribution in [0, 0.1) is 6.20 Å². The SMILES string of the molecule is CN1[C+]=CN(Cc2ccccc2)N1.[I-]. The lowest BCUT2D eigenvalue weighted by Crippen LogP contribution is -3.00. The van der Waals surface area contributed by atoms with Crippen LogP contribution in [-0.2, 0) is 6.54 Å². The summed E-state index contributed by atoms with van der Waals surface area (Å²) < 4.78 is 0. The molecule has 0 saturated heterocycles. The Morgan fingerprint density at radius 3 is 2.57 bits per heavy atom. The number of rotatable bonds is 2. The maximum absolute atomic E-state index is 3.10. The number of nitrogens with zero attached hydrogens (tertiary/aromatic N) is 2. The number of nitrogens with one attached hydrogen (secondary N) is 1. The summed E-state index contributed by atoms with van der Waals surface area (Å²) in [6.45, 7) is 0.859. The van der Waals surface area contributed by atoms with Gasteiger partial charge in [-0.05, 0) is 5.56 Å². The van der Waals surface area contributed by atoms with Crippen molar-refractivity contribution in [2.24, 2.45) is 0 Å². The summed E-state index contributed by atoms with van der Waals surface area (Å²) in [6.07, 6.45) is 4.91. The number of benzene rings is 1. The summed E-state index contributed by atoms with van der Waals surface area (Å²) in [4.78, 5) is 0. The smallest absolute Gasteiger partial charge is 0.409 e. The van der Waals surface area contributed by atoms with E-state index in [4.69, 9.17) is 0 Å². The van der Waals surface area contributed by atoms with Gasteiger partial charge >= 0.3 is 6.20 Å². The number of hydrogen-bond donors (Lipinski definition) is 1. The van der Waals surface area contributed by atoms with Gasteiger partial charge in [0, 0.05) is 0 Å². The second kappa shape index (κ2) is 5.14. The Kier molecular flexibility index (Phi) is 4.13. The van der Waals surface area contributed by atoms with Crippen molar-refractivity contribution < 1.29 is 24.0 Å². The van der Waals surface area contributed by atoms with E-state index in [0.717, 1.165) is 6.54 Å². The van der Waals surface area contributed by atoms with Gasteiger partial charge in [-0.2, -0.15) is 0 Å². The van der Waals surface area contributed by atoms with Crippen molar-refractivity contribution in [2.45, 2.75) is 6.54 Å². The zero-order valence-corrected chi connectivity index (χ0v) is 10.1. The molecule has 0 atom stereocenters. The van der Waals surface area contributed by atoms with Crippen LogP contribution in [0.5, 0.6) is 0 Å². The molecule has 1 aromatic rings. The summed E-state index contributed by atoms with van der Waals surface area (Å²) in [5.74, 6) is 0. The second-order valence-electron chi connectivity index (χ2n) is 3.03. The Bertz CT molecular complexity index is 299. The van der Waals surface area contributed by atoms with Gasteiger partial charge in [-0.25, -0.2) is 5.01 Å². The molecule has 1 N–H and O–H groups in total. The van der Waals surface area contributed by atoms with Gasteiger partial charge in [-0.3, -0.25) is 0 Å². The molecule has 14 heavy (non-hydrogen) atoms. The van der Waals surface area contributed by atoms with Crippen LogP contribution >= 0.6 is 0 Å². The first kappa shape index (κ1) is 11.2. The lowest BCUT2D eigenvalue weighted by Gasteiger charge is -2.12. The van der Waals surface area contributed by atoms with E-state index in [9.17, 15) is 0 Å². The molecule has 1 aliphatic heterocycles. The molecule has 0 saturated carbocycles. The highest BCUT2D eigenvalue weighted by Crippen LogP contribution is 2.05. The molecule has 1 aliphatic rings. The number of hydrogen-bond acceptors (Lipinski definition) is 3. The fourth-order valence-corrected chi connectivity index (χ4v) is 1.27. The van der Waals surface area contributed by atoms with Crippen LogP contribution in [-0.4, -0.2) is 17.1 Å². The Hall–Kier alpha value is -0.840. The Morgan fingerprint density at radius 2 is 2.00 bits per heavy atom. The van der Waals surface area contributed by atoms with Crippen LogP contribution in [0.2, 0.25) is 0 Å². The normalized spacial score (nSPS) is 13.8. The second-order valence-corrected chi connectivity index (χ2v) is 3.03. The molecule has 1 aromatic carbocycles. The summed E-state index contributed by atoms with van der Waals surface area (Å²) in [5, 5.41) is 3.78. The molecule has 0 aliphatic carbocycles. The van der Waals surface area contributed by atoms with Gasteiger partial charge in [-0.1, -0.05) is 40.9 Å². The first-order chi connectivity index (χ1) is 6.34. The summed E-state index contributed by atoms with van der Waals surface area (Å²) in [6, 6.07) is 10.3. The van der Waals surface area contributed by atoms with E-state index in [0.29, 0.717) is 0 Å². The molecule has 3 nitrogen and oxygen atoms in total. The van der Waals surface area contributed by atoms with Crippen molar-refractivity contribution in [1.29, 1.82) is 0 Å². The average molecular weight is 301 g/mol. The van der Waals surface area contributed by atoms with Crippen LogP contribution in [0.15, 0.2) is 36.5 Å². The fourth-order valence-electron chi connectivity index (χ4n) is 1.27. The van der Waals surface area contributed by atoms with Gasteiger partial charge in [0.25, 0.3) is 6.20 Å². The molecule has 0 spiro atoms.